The van der Waals surface area contributed by atoms with Gasteiger partial charge in [0.05, 0.1) is 0 Å². The number of likely N-dealkylation sites (tertiary alicyclic amines) is 1. The zero-order valence-corrected chi connectivity index (χ0v) is 11.1. The van der Waals surface area contributed by atoms with E-state index in [-0.39, 0.29) is 0 Å². The standard InChI is InChI=1S/C13H19BrN2/c14-13-5-3-4-11(8-13)12(9-15)10-16-6-1-2-7-16/h3-5,8,12H,1-2,6-7,9-10,15H2. The summed E-state index contributed by atoms with van der Waals surface area (Å²) < 4.78 is 1.14. The van der Waals surface area contributed by atoms with Crippen LogP contribution in [0.3, 0.4) is 0 Å². The quantitative estimate of drug-likeness (QED) is 0.920. The number of rotatable bonds is 4. The number of halogens is 1. The number of benzene rings is 1. The Morgan fingerprint density at radius 1 is 1.31 bits per heavy atom. The van der Waals surface area contributed by atoms with E-state index in [1.807, 2.05) is 0 Å². The largest absolute Gasteiger partial charge is 0.330 e. The van der Waals surface area contributed by atoms with Crippen LogP contribution in [0.1, 0.15) is 24.3 Å². The predicted octanol–water partition coefficient (Wildman–Crippen LogP) is 2.59. The molecule has 1 aliphatic heterocycles. The molecule has 2 rings (SSSR count). The Labute approximate surface area is 106 Å². The van der Waals surface area contributed by atoms with Crippen LogP contribution < -0.4 is 5.73 Å². The summed E-state index contributed by atoms with van der Waals surface area (Å²) in [6, 6.07) is 8.52. The van der Waals surface area contributed by atoms with E-state index in [0.29, 0.717) is 5.92 Å². The lowest BCUT2D eigenvalue weighted by Gasteiger charge is -2.22. The van der Waals surface area contributed by atoms with Crippen molar-refractivity contribution in [2.75, 3.05) is 26.2 Å². The molecule has 1 atom stereocenters. The maximum Gasteiger partial charge on any atom is 0.0178 e. The molecule has 0 saturated carbocycles. The first-order valence-corrected chi connectivity index (χ1v) is 6.77. The smallest absolute Gasteiger partial charge is 0.0178 e. The van der Waals surface area contributed by atoms with Crippen molar-refractivity contribution in [1.29, 1.82) is 0 Å². The van der Waals surface area contributed by atoms with Gasteiger partial charge in [-0.05, 0) is 43.6 Å². The van der Waals surface area contributed by atoms with Gasteiger partial charge in [-0.1, -0.05) is 28.1 Å². The van der Waals surface area contributed by atoms with Gasteiger partial charge in [-0.2, -0.15) is 0 Å². The molecule has 0 spiro atoms. The number of hydrogen-bond donors (Lipinski definition) is 1. The van der Waals surface area contributed by atoms with Gasteiger partial charge in [-0.25, -0.2) is 0 Å². The average molecular weight is 283 g/mol. The van der Waals surface area contributed by atoms with Crippen molar-refractivity contribution < 1.29 is 0 Å². The molecule has 1 aliphatic rings. The normalized spacial score (nSPS) is 18.9. The van der Waals surface area contributed by atoms with Crippen LogP contribution >= 0.6 is 15.9 Å². The Bertz CT molecular complexity index is 334. The molecule has 1 heterocycles. The minimum atomic E-state index is 0.468. The summed E-state index contributed by atoms with van der Waals surface area (Å²) in [7, 11) is 0. The third-order valence-electron chi connectivity index (χ3n) is 3.28. The highest BCUT2D eigenvalue weighted by atomic mass is 79.9. The van der Waals surface area contributed by atoms with Crippen molar-refractivity contribution in [3.8, 4) is 0 Å². The maximum absolute atomic E-state index is 5.89. The van der Waals surface area contributed by atoms with Gasteiger partial charge in [0.25, 0.3) is 0 Å². The van der Waals surface area contributed by atoms with Gasteiger partial charge in [0, 0.05) is 23.5 Å². The van der Waals surface area contributed by atoms with E-state index in [0.717, 1.165) is 17.6 Å². The van der Waals surface area contributed by atoms with Crippen LogP contribution in [0.5, 0.6) is 0 Å². The fourth-order valence-electron chi connectivity index (χ4n) is 2.35. The van der Waals surface area contributed by atoms with Crippen molar-refractivity contribution in [1.82, 2.24) is 4.90 Å². The molecule has 16 heavy (non-hydrogen) atoms. The van der Waals surface area contributed by atoms with E-state index in [1.54, 1.807) is 0 Å². The van der Waals surface area contributed by atoms with Crippen molar-refractivity contribution in [2.24, 2.45) is 5.73 Å². The topological polar surface area (TPSA) is 29.3 Å². The maximum atomic E-state index is 5.89. The van der Waals surface area contributed by atoms with Gasteiger partial charge in [0.1, 0.15) is 0 Å². The Balaban J connectivity index is 2.03. The minimum absolute atomic E-state index is 0.468. The lowest BCUT2D eigenvalue weighted by molar-refractivity contribution is 0.315. The number of nitrogens with two attached hydrogens (primary N) is 1. The molecule has 1 unspecified atom stereocenters. The number of nitrogens with zero attached hydrogens (tertiary/aromatic N) is 1. The van der Waals surface area contributed by atoms with Crippen LogP contribution in [0.25, 0.3) is 0 Å². The second kappa shape index (κ2) is 5.80. The molecule has 0 bridgehead atoms. The van der Waals surface area contributed by atoms with Gasteiger partial charge < -0.3 is 10.6 Å². The molecule has 0 amide bonds. The lowest BCUT2D eigenvalue weighted by atomic mass is 9.99. The molecular formula is C13H19BrN2. The Morgan fingerprint density at radius 2 is 2.06 bits per heavy atom. The Kier molecular flexibility index (Phi) is 4.38. The van der Waals surface area contributed by atoms with Crippen molar-refractivity contribution in [2.45, 2.75) is 18.8 Å². The third-order valence-corrected chi connectivity index (χ3v) is 3.78. The zero-order chi connectivity index (χ0) is 11.4. The Morgan fingerprint density at radius 3 is 2.69 bits per heavy atom. The van der Waals surface area contributed by atoms with Gasteiger partial charge in [0.15, 0.2) is 0 Å². The zero-order valence-electron chi connectivity index (χ0n) is 9.53. The van der Waals surface area contributed by atoms with Gasteiger partial charge >= 0.3 is 0 Å². The summed E-state index contributed by atoms with van der Waals surface area (Å²) in [5, 5.41) is 0. The predicted molar refractivity (Wildman–Crippen MR) is 71.6 cm³/mol. The van der Waals surface area contributed by atoms with E-state index >= 15 is 0 Å². The van der Waals surface area contributed by atoms with Crippen LogP contribution in [-0.2, 0) is 0 Å². The van der Waals surface area contributed by atoms with Crippen molar-refractivity contribution in [3.05, 3.63) is 34.3 Å². The van der Waals surface area contributed by atoms with Crippen LogP contribution in [0.2, 0.25) is 0 Å². The molecule has 1 aromatic carbocycles. The summed E-state index contributed by atoms with van der Waals surface area (Å²) in [6.07, 6.45) is 2.69. The molecule has 1 saturated heterocycles. The lowest BCUT2D eigenvalue weighted by Crippen LogP contribution is -2.29. The molecule has 0 aromatic heterocycles. The van der Waals surface area contributed by atoms with Gasteiger partial charge in [-0.15, -0.1) is 0 Å². The fourth-order valence-corrected chi connectivity index (χ4v) is 2.77. The van der Waals surface area contributed by atoms with Crippen molar-refractivity contribution in [3.63, 3.8) is 0 Å². The number of hydrogen-bond acceptors (Lipinski definition) is 2. The van der Waals surface area contributed by atoms with E-state index in [2.05, 4.69) is 45.1 Å². The van der Waals surface area contributed by atoms with Crippen LogP contribution in [0.15, 0.2) is 28.7 Å². The Hall–Kier alpha value is -0.380. The molecule has 1 fully saturated rings. The first-order chi connectivity index (χ1) is 7.79. The highest BCUT2D eigenvalue weighted by Crippen LogP contribution is 2.21. The van der Waals surface area contributed by atoms with Crippen molar-refractivity contribution >= 4 is 15.9 Å². The molecule has 88 valence electrons. The molecule has 3 heteroatoms. The highest BCUT2D eigenvalue weighted by Gasteiger charge is 2.17. The first kappa shape index (κ1) is 12.1. The van der Waals surface area contributed by atoms with E-state index in [4.69, 9.17) is 5.73 Å². The minimum Gasteiger partial charge on any atom is -0.330 e. The van der Waals surface area contributed by atoms with Crippen LogP contribution in [0.4, 0.5) is 0 Å². The van der Waals surface area contributed by atoms with E-state index in [9.17, 15) is 0 Å². The monoisotopic (exact) mass is 282 g/mol. The summed E-state index contributed by atoms with van der Waals surface area (Å²) >= 11 is 3.52. The summed E-state index contributed by atoms with van der Waals surface area (Å²) in [6.45, 7) is 4.31. The molecule has 0 radical (unpaired) electrons. The average Bonchev–Trinajstić information content (AvgIpc) is 2.78. The molecule has 2 nitrogen and oxygen atoms in total. The first-order valence-electron chi connectivity index (χ1n) is 5.97. The second-order valence-corrected chi connectivity index (χ2v) is 5.41. The fraction of sp³-hybridized carbons (Fsp3) is 0.538. The van der Waals surface area contributed by atoms with Crippen LogP contribution in [-0.4, -0.2) is 31.1 Å². The molecule has 1 aromatic rings. The summed E-state index contributed by atoms with van der Waals surface area (Å²) in [5.74, 6) is 0.468. The summed E-state index contributed by atoms with van der Waals surface area (Å²) in [5.41, 5.74) is 7.24. The third kappa shape index (κ3) is 3.06. The van der Waals surface area contributed by atoms with E-state index in [1.165, 1.54) is 31.5 Å². The van der Waals surface area contributed by atoms with E-state index < -0.39 is 0 Å². The molecular weight excluding hydrogens is 264 g/mol. The highest BCUT2D eigenvalue weighted by molar-refractivity contribution is 9.10. The summed E-state index contributed by atoms with van der Waals surface area (Å²) in [4.78, 5) is 2.53. The SMILES string of the molecule is NCC(CN1CCCC1)c1cccc(Br)c1. The van der Waals surface area contributed by atoms with Crippen LogP contribution in [0, 0.1) is 0 Å². The molecule has 2 N–H and O–H groups in total. The second-order valence-electron chi connectivity index (χ2n) is 4.50. The molecule has 0 aliphatic carbocycles. The van der Waals surface area contributed by atoms with Gasteiger partial charge in [0.2, 0.25) is 0 Å². The van der Waals surface area contributed by atoms with Gasteiger partial charge in [-0.3, -0.25) is 0 Å².